The molecule has 44 heavy (non-hydrogen) atoms. The van der Waals surface area contributed by atoms with Crippen LogP contribution in [0.4, 0.5) is 11.6 Å². The number of aromatic nitrogens is 7. The van der Waals surface area contributed by atoms with Crippen LogP contribution in [0.15, 0.2) is 91.5 Å². The standard InChI is InChI=1S/C34H32N10/c35-31-26(5-3-14-37-31)32-40-28-11-12-30(43-16-4-15-38-43)41-33(28)44(32)24-8-9-25-22(17-24)7-10-27(25)39-23-18-34(19-23)20-42(21-34)29-6-1-2-13-36-29/h1-6,8-9,11-17,23,27,39H,7,10,18-21H2,(H2,35,37)/t27-/m0/s1. The van der Waals surface area contributed by atoms with Crippen molar-refractivity contribution in [2.24, 2.45) is 5.41 Å². The summed E-state index contributed by atoms with van der Waals surface area (Å²) in [5, 5.41) is 8.38. The van der Waals surface area contributed by atoms with Crippen molar-refractivity contribution in [3.05, 3.63) is 103 Å². The first-order chi connectivity index (χ1) is 21.6. The van der Waals surface area contributed by atoms with Crippen LogP contribution in [0.5, 0.6) is 0 Å². The van der Waals surface area contributed by atoms with E-state index in [0.717, 1.165) is 65.8 Å². The number of hydrogen-bond donors (Lipinski definition) is 2. The monoisotopic (exact) mass is 580 g/mol. The molecular weight excluding hydrogens is 548 g/mol. The summed E-state index contributed by atoms with van der Waals surface area (Å²) in [5.41, 5.74) is 12.9. The van der Waals surface area contributed by atoms with E-state index in [9.17, 15) is 0 Å². The molecule has 1 saturated heterocycles. The van der Waals surface area contributed by atoms with Gasteiger partial charge in [0.2, 0.25) is 0 Å². The zero-order chi connectivity index (χ0) is 29.3. The van der Waals surface area contributed by atoms with Crippen molar-refractivity contribution in [2.75, 3.05) is 23.7 Å². The Morgan fingerprint density at radius 3 is 2.59 bits per heavy atom. The SMILES string of the molecule is Nc1ncccc1-c1nc2ccc(-n3cccn3)nc2n1-c1ccc2c(c1)CC[C@@H]2NC1CC2(C1)CN(c1ccccn1)C2. The van der Waals surface area contributed by atoms with Crippen molar-refractivity contribution in [2.45, 2.75) is 37.8 Å². The fourth-order valence-corrected chi connectivity index (χ4v) is 7.54. The van der Waals surface area contributed by atoms with Crippen molar-refractivity contribution >= 4 is 22.8 Å². The van der Waals surface area contributed by atoms with E-state index in [1.807, 2.05) is 48.8 Å². The van der Waals surface area contributed by atoms with E-state index < -0.39 is 0 Å². The first-order valence-electron chi connectivity index (χ1n) is 15.3. The summed E-state index contributed by atoms with van der Waals surface area (Å²) in [6.45, 7) is 2.23. The fraction of sp³-hybridized carbons (Fsp3) is 0.265. The van der Waals surface area contributed by atoms with E-state index in [4.69, 9.17) is 15.7 Å². The highest BCUT2D eigenvalue weighted by Gasteiger charge is 2.53. The minimum absolute atomic E-state index is 0.380. The van der Waals surface area contributed by atoms with Crippen LogP contribution in [-0.2, 0) is 6.42 Å². The summed E-state index contributed by atoms with van der Waals surface area (Å²) in [4.78, 5) is 21.3. The van der Waals surface area contributed by atoms with Gasteiger partial charge >= 0.3 is 0 Å². The number of aryl methyl sites for hydroxylation is 1. The second-order valence-electron chi connectivity index (χ2n) is 12.5. The molecule has 1 aliphatic heterocycles. The van der Waals surface area contributed by atoms with Crippen molar-refractivity contribution in [3.63, 3.8) is 0 Å². The highest BCUT2D eigenvalue weighted by Crippen LogP contribution is 2.50. The lowest BCUT2D eigenvalue weighted by Gasteiger charge is -2.60. The van der Waals surface area contributed by atoms with Gasteiger partial charge in [0, 0.05) is 61.1 Å². The second-order valence-corrected chi connectivity index (χ2v) is 12.5. The van der Waals surface area contributed by atoms with Gasteiger partial charge in [-0.3, -0.25) is 4.57 Å². The number of nitrogens with one attached hydrogen (secondary N) is 1. The molecule has 3 aliphatic rings. The van der Waals surface area contributed by atoms with E-state index in [-0.39, 0.29) is 0 Å². The third-order valence-corrected chi connectivity index (χ3v) is 9.59. The third kappa shape index (κ3) is 4.09. The molecule has 6 aromatic rings. The quantitative estimate of drug-likeness (QED) is 0.286. The number of anilines is 2. The number of nitrogens with two attached hydrogens (primary N) is 1. The van der Waals surface area contributed by atoms with Gasteiger partial charge < -0.3 is 16.0 Å². The fourth-order valence-electron chi connectivity index (χ4n) is 7.54. The summed E-state index contributed by atoms with van der Waals surface area (Å²) < 4.78 is 3.87. The summed E-state index contributed by atoms with van der Waals surface area (Å²) in [6, 6.07) is 23.6. The predicted octanol–water partition coefficient (Wildman–Crippen LogP) is 4.89. The Bertz CT molecular complexity index is 1980. The van der Waals surface area contributed by atoms with E-state index in [1.165, 1.54) is 24.0 Å². The van der Waals surface area contributed by atoms with Gasteiger partial charge in [0.25, 0.3) is 0 Å². The van der Waals surface area contributed by atoms with Gasteiger partial charge in [-0.05, 0) is 91.4 Å². The predicted molar refractivity (Wildman–Crippen MR) is 170 cm³/mol. The average molecular weight is 581 g/mol. The van der Waals surface area contributed by atoms with Crippen LogP contribution in [-0.4, -0.2) is 53.4 Å². The Balaban J connectivity index is 0.996. The minimum Gasteiger partial charge on any atom is -0.383 e. The molecule has 2 fully saturated rings. The molecule has 5 aromatic heterocycles. The summed E-state index contributed by atoms with van der Waals surface area (Å²) in [6.07, 6.45) is 11.8. The molecule has 0 amide bonds. The van der Waals surface area contributed by atoms with E-state index in [0.29, 0.717) is 23.3 Å². The number of hydrogen-bond acceptors (Lipinski definition) is 8. The van der Waals surface area contributed by atoms with Crippen LogP contribution in [0.1, 0.15) is 36.4 Å². The minimum atomic E-state index is 0.380. The number of benzene rings is 1. The maximum absolute atomic E-state index is 6.36. The molecule has 1 atom stereocenters. The highest BCUT2D eigenvalue weighted by atomic mass is 15.3. The molecule has 3 N–H and O–H groups in total. The van der Waals surface area contributed by atoms with Crippen LogP contribution < -0.4 is 16.0 Å². The lowest BCUT2D eigenvalue weighted by Crippen LogP contribution is -2.66. The van der Waals surface area contributed by atoms with Crippen LogP contribution in [0.25, 0.3) is 34.1 Å². The molecule has 1 saturated carbocycles. The first-order valence-corrected chi connectivity index (χ1v) is 15.3. The van der Waals surface area contributed by atoms with Crippen LogP contribution in [0.3, 0.4) is 0 Å². The van der Waals surface area contributed by atoms with Crippen molar-refractivity contribution in [1.82, 2.24) is 39.6 Å². The molecule has 10 nitrogen and oxygen atoms in total. The van der Waals surface area contributed by atoms with Gasteiger partial charge in [-0.2, -0.15) is 5.10 Å². The molecular formula is C34H32N10. The molecule has 0 unspecified atom stereocenters. The molecule has 1 aromatic carbocycles. The van der Waals surface area contributed by atoms with E-state index >= 15 is 0 Å². The Kier molecular flexibility index (Phi) is 5.61. The van der Waals surface area contributed by atoms with Gasteiger partial charge in [0.05, 0.1) is 5.56 Å². The number of nitrogen functional groups attached to an aromatic ring is 1. The van der Waals surface area contributed by atoms with Crippen molar-refractivity contribution < 1.29 is 0 Å². The number of fused-ring (bicyclic) bond motifs is 2. The molecule has 1 spiro atoms. The normalized spacial score (nSPS) is 18.8. The van der Waals surface area contributed by atoms with E-state index in [2.05, 4.69) is 60.2 Å². The summed E-state index contributed by atoms with van der Waals surface area (Å²) in [5.74, 6) is 2.99. The van der Waals surface area contributed by atoms with Crippen LogP contribution >= 0.6 is 0 Å². The second kappa shape index (κ2) is 9.72. The van der Waals surface area contributed by atoms with Crippen molar-refractivity contribution in [1.29, 1.82) is 0 Å². The lowest BCUT2D eigenvalue weighted by molar-refractivity contribution is 0.0420. The molecule has 0 bridgehead atoms. The van der Waals surface area contributed by atoms with Gasteiger partial charge in [0.15, 0.2) is 17.3 Å². The molecule has 2 aliphatic carbocycles. The maximum Gasteiger partial charge on any atom is 0.167 e. The maximum atomic E-state index is 6.36. The van der Waals surface area contributed by atoms with E-state index in [1.54, 1.807) is 17.1 Å². The summed E-state index contributed by atoms with van der Waals surface area (Å²) >= 11 is 0. The molecule has 9 rings (SSSR count). The zero-order valence-corrected chi connectivity index (χ0v) is 24.2. The van der Waals surface area contributed by atoms with Gasteiger partial charge in [0.1, 0.15) is 17.2 Å². The lowest BCUT2D eigenvalue weighted by atomic mass is 9.60. The molecule has 6 heterocycles. The Morgan fingerprint density at radius 1 is 0.864 bits per heavy atom. The summed E-state index contributed by atoms with van der Waals surface area (Å²) in [7, 11) is 0. The molecule has 10 heteroatoms. The van der Waals surface area contributed by atoms with Gasteiger partial charge in [-0.1, -0.05) is 12.1 Å². The Labute approximate surface area is 254 Å². The first kappa shape index (κ1) is 25.4. The number of imidazole rings is 1. The Hall–Kier alpha value is -5.09. The number of pyridine rings is 3. The van der Waals surface area contributed by atoms with Crippen molar-refractivity contribution in [3.8, 4) is 22.9 Å². The zero-order valence-electron chi connectivity index (χ0n) is 24.2. The smallest absolute Gasteiger partial charge is 0.167 e. The molecule has 218 valence electrons. The topological polar surface area (TPSA) is 116 Å². The van der Waals surface area contributed by atoms with Gasteiger partial charge in [-0.25, -0.2) is 24.6 Å². The number of rotatable bonds is 6. The third-order valence-electron chi connectivity index (χ3n) is 9.59. The largest absolute Gasteiger partial charge is 0.383 e. The van der Waals surface area contributed by atoms with Crippen LogP contribution in [0.2, 0.25) is 0 Å². The highest BCUT2D eigenvalue weighted by molar-refractivity contribution is 5.83. The Morgan fingerprint density at radius 2 is 1.77 bits per heavy atom. The molecule has 0 radical (unpaired) electrons. The average Bonchev–Trinajstić information content (AvgIpc) is 3.77. The van der Waals surface area contributed by atoms with Gasteiger partial charge in [-0.15, -0.1) is 0 Å². The van der Waals surface area contributed by atoms with Crippen LogP contribution in [0, 0.1) is 5.41 Å². The number of nitrogens with zero attached hydrogens (tertiary/aromatic N) is 8.